The van der Waals surface area contributed by atoms with Gasteiger partial charge in [0.2, 0.25) is 5.91 Å². The molecule has 2 aliphatic heterocycles. The van der Waals surface area contributed by atoms with Gasteiger partial charge in [-0.1, -0.05) is 0 Å². The Kier molecular flexibility index (Phi) is 3.39. The van der Waals surface area contributed by atoms with Gasteiger partial charge < -0.3 is 15.3 Å². The van der Waals surface area contributed by atoms with E-state index in [1.54, 1.807) is 25.1 Å². The molecule has 2 aliphatic rings. The number of carboxylic acids is 1. The largest absolute Gasteiger partial charge is 0.480 e. The standard InChI is InChI=1S/C16H18N2O4/c1-16(15(21)22)7-2-8-18(16)14(20)11-3-5-12-10(9-11)4-6-13(19)17-12/h3,5,9H,2,4,6-8H2,1H3,(H,17,19)(H,21,22). The van der Waals surface area contributed by atoms with Gasteiger partial charge in [-0.15, -0.1) is 0 Å². The normalized spacial score (nSPS) is 23.9. The van der Waals surface area contributed by atoms with E-state index in [0.717, 1.165) is 11.3 Å². The number of fused-ring (bicyclic) bond motifs is 1. The molecule has 2 N–H and O–H groups in total. The number of benzene rings is 1. The van der Waals surface area contributed by atoms with E-state index < -0.39 is 11.5 Å². The number of nitrogens with zero attached hydrogens (tertiary/aromatic N) is 1. The Hall–Kier alpha value is -2.37. The van der Waals surface area contributed by atoms with Crippen molar-refractivity contribution in [1.82, 2.24) is 4.90 Å². The van der Waals surface area contributed by atoms with Crippen LogP contribution in [0, 0.1) is 0 Å². The van der Waals surface area contributed by atoms with Crippen molar-refractivity contribution in [3.63, 3.8) is 0 Å². The Morgan fingerprint density at radius 3 is 2.82 bits per heavy atom. The van der Waals surface area contributed by atoms with Crippen molar-refractivity contribution >= 4 is 23.5 Å². The van der Waals surface area contributed by atoms with Crippen molar-refractivity contribution in [3.8, 4) is 0 Å². The Morgan fingerprint density at radius 1 is 1.32 bits per heavy atom. The SMILES string of the molecule is CC1(C(=O)O)CCCN1C(=O)c1ccc2c(c1)CCC(=O)N2. The van der Waals surface area contributed by atoms with E-state index in [-0.39, 0.29) is 11.8 Å². The van der Waals surface area contributed by atoms with E-state index in [2.05, 4.69) is 5.32 Å². The van der Waals surface area contributed by atoms with Gasteiger partial charge in [0.15, 0.2) is 0 Å². The first-order valence-electron chi connectivity index (χ1n) is 7.40. The van der Waals surface area contributed by atoms with Gasteiger partial charge >= 0.3 is 5.97 Å². The van der Waals surface area contributed by atoms with E-state index in [0.29, 0.717) is 37.8 Å². The highest BCUT2D eigenvalue weighted by Crippen LogP contribution is 2.32. The van der Waals surface area contributed by atoms with Crippen LogP contribution in [0.15, 0.2) is 18.2 Å². The topological polar surface area (TPSA) is 86.7 Å². The molecule has 1 saturated heterocycles. The summed E-state index contributed by atoms with van der Waals surface area (Å²) in [5, 5.41) is 12.2. The van der Waals surface area contributed by atoms with Crippen molar-refractivity contribution in [2.45, 2.75) is 38.1 Å². The molecule has 1 atom stereocenters. The summed E-state index contributed by atoms with van der Waals surface area (Å²) in [4.78, 5) is 37.0. The highest BCUT2D eigenvalue weighted by molar-refractivity contribution is 6.00. The lowest BCUT2D eigenvalue weighted by molar-refractivity contribution is -0.147. The summed E-state index contributed by atoms with van der Waals surface area (Å²) >= 11 is 0. The fourth-order valence-corrected chi connectivity index (χ4v) is 3.18. The van der Waals surface area contributed by atoms with Crippen molar-refractivity contribution in [2.24, 2.45) is 0 Å². The predicted molar refractivity (Wildman–Crippen MR) is 79.7 cm³/mol. The molecule has 0 aliphatic carbocycles. The fourth-order valence-electron chi connectivity index (χ4n) is 3.18. The molecule has 0 saturated carbocycles. The lowest BCUT2D eigenvalue weighted by atomic mass is 9.97. The highest BCUT2D eigenvalue weighted by Gasteiger charge is 2.46. The first-order valence-corrected chi connectivity index (χ1v) is 7.40. The van der Waals surface area contributed by atoms with E-state index in [9.17, 15) is 19.5 Å². The number of rotatable bonds is 2. The second-order valence-corrected chi connectivity index (χ2v) is 6.06. The van der Waals surface area contributed by atoms with E-state index in [1.807, 2.05) is 0 Å². The zero-order chi connectivity index (χ0) is 15.9. The van der Waals surface area contributed by atoms with Gasteiger partial charge in [0, 0.05) is 24.2 Å². The molecule has 2 heterocycles. The minimum absolute atomic E-state index is 0.0235. The third kappa shape index (κ3) is 2.24. The number of carbonyl (C=O) groups is 3. The molecule has 0 aromatic heterocycles. The number of carbonyl (C=O) groups excluding carboxylic acids is 2. The summed E-state index contributed by atoms with van der Waals surface area (Å²) in [7, 11) is 0. The summed E-state index contributed by atoms with van der Waals surface area (Å²) in [6.45, 7) is 2.05. The molecule has 22 heavy (non-hydrogen) atoms. The van der Waals surface area contributed by atoms with Gasteiger partial charge in [0.05, 0.1) is 0 Å². The van der Waals surface area contributed by atoms with Gasteiger partial charge in [0.25, 0.3) is 5.91 Å². The van der Waals surface area contributed by atoms with Gasteiger partial charge in [-0.2, -0.15) is 0 Å². The second kappa shape index (κ2) is 5.12. The number of hydrogen-bond acceptors (Lipinski definition) is 3. The van der Waals surface area contributed by atoms with Crippen molar-refractivity contribution in [2.75, 3.05) is 11.9 Å². The molecular formula is C16H18N2O4. The molecule has 116 valence electrons. The summed E-state index contributed by atoms with van der Waals surface area (Å²) in [5.41, 5.74) is 0.988. The number of aliphatic carboxylic acids is 1. The van der Waals surface area contributed by atoms with Gasteiger partial charge in [-0.25, -0.2) is 4.79 Å². The Labute approximate surface area is 128 Å². The van der Waals surface area contributed by atoms with Gasteiger partial charge in [-0.05, 0) is 49.9 Å². The lowest BCUT2D eigenvalue weighted by Crippen LogP contribution is -2.50. The first-order chi connectivity index (χ1) is 10.4. The van der Waals surface area contributed by atoms with E-state index >= 15 is 0 Å². The zero-order valence-electron chi connectivity index (χ0n) is 12.4. The molecule has 3 rings (SSSR count). The molecule has 2 amide bonds. The van der Waals surface area contributed by atoms with Crippen LogP contribution in [0.2, 0.25) is 0 Å². The molecule has 1 aromatic carbocycles. The van der Waals surface area contributed by atoms with E-state index in [1.165, 1.54) is 4.90 Å². The van der Waals surface area contributed by atoms with Crippen molar-refractivity contribution in [1.29, 1.82) is 0 Å². The maximum Gasteiger partial charge on any atom is 0.329 e. The maximum atomic E-state index is 12.7. The molecule has 0 radical (unpaired) electrons. The fraction of sp³-hybridized carbons (Fsp3) is 0.438. The van der Waals surface area contributed by atoms with Crippen LogP contribution in [-0.4, -0.2) is 39.9 Å². The number of anilines is 1. The van der Waals surface area contributed by atoms with Crippen LogP contribution in [0.3, 0.4) is 0 Å². The minimum Gasteiger partial charge on any atom is -0.480 e. The molecule has 6 nitrogen and oxygen atoms in total. The van der Waals surface area contributed by atoms with Crippen LogP contribution >= 0.6 is 0 Å². The molecule has 1 aromatic rings. The van der Waals surface area contributed by atoms with Crippen LogP contribution in [-0.2, 0) is 16.0 Å². The summed E-state index contributed by atoms with van der Waals surface area (Å²) in [5.74, 6) is -1.25. The predicted octanol–water partition coefficient (Wildman–Crippen LogP) is 1.65. The molecule has 6 heteroatoms. The number of amides is 2. The smallest absolute Gasteiger partial charge is 0.329 e. The number of carboxylic acid groups (broad SMARTS) is 1. The molecule has 0 spiro atoms. The van der Waals surface area contributed by atoms with Crippen molar-refractivity contribution < 1.29 is 19.5 Å². The van der Waals surface area contributed by atoms with E-state index in [4.69, 9.17) is 0 Å². The number of nitrogens with one attached hydrogen (secondary N) is 1. The third-order valence-electron chi connectivity index (χ3n) is 4.59. The molecule has 0 bridgehead atoms. The van der Waals surface area contributed by atoms with Gasteiger partial charge in [0.1, 0.15) is 5.54 Å². The van der Waals surface area contributed by atoms with Crippen LogP contribution in [0.1, 0.15) is 42.1 Å². The quantitative estimate of drug-likeness (QED) is 0.869. The number of aryl methyl sites for hydroxylation is 1. The minimum atomic E-state index is -1.14. The highest BCUT2D eigenvalue weighted by atomic mass is 16.4. The number of likely N-dealkylation sites (tertiary alicyclic amines) is 1. The zero-order valence-corrected chi connectivity index (χ0v) is 12.4. The summed E-state index contributed by atoms with van der Waals surface area (Å²) < 4.78 is 0. The molecule has 1 fully saturated rings. The summed E-state index contributed by atoms with van der Waals surface area (Å²) in [6.07, 6.45) is 2.16. The Bertz CT molecular complexity index is 670. The molecule has 1 unspecified atom stereocenters. The second-order valence-electron chi connectivity index (χ2n) is 6.06. The maximum absolute atomic E-state index is 12.7. The van der Waals surface area contributed by atoms with Crippen molar-refractivity contribution in [3.05, 3.63) is 29.3 Å². The first kappa shape index (κ1) is 14.6. The molecular weight excluding hydrogens is 284 g/mol. The third-order valence-corrected chi connectivity index (χ3v) is 4.59. The van der Waals surface area contributed by atoms with Crippen LogP contribution in [0.5, 0.6) is 0 Å². The Morgan fingerprint density at radius 2 is 2.09 bits per heavy atom. The lowest BCUT2D eigenvalue weighted by Gasteiger charge is -2.31. The average molecular weight is 302 g/mol. The number of hydrogen-bond donors (Lipinski definition) is 2. The summed E-state index contributed by atoms with van der Waals surface area (Å²) in [6, 6.07) is 5.12. The van der Waals surface area contributed by atoms with Crippen LogP contribution < -0.4 is 5.32 Å². The van der Waals surface area contributed by atoms with Crippen LogP contribution in [0.25, 0.3) is 0 Å². The monoisotopic (exact) mass is 302 g/mol. The van der Waals surface area contributed by atoms with Crippen LogP contribution in [0.4, 0.5) is 5.69 Å². The average Bonchev–Trinajstić information content (AvgIpc) is 2.89. The van der Waals surface area contributed by atoms with Gasteiger partial charge in [-0.3, -0.25) is 9.59 Å². The Balaban J connectivity index is 1.90.